The highest BCUT2D eigenvalue weighted by Crippen LogP contribution is 2.36. The molecular formula is C23H30N2O. The van der Waals surface area contributed by atoms with Crippen LogP contribution in [0.4, 0.5) is 0 Å². The normalized spacial score (nSPS) is 29.4. The summed E-state index contributed by atoms with van der Waals surface area (Å²) in [5, 5.41) is 13.0. The standard InChI is InChI=1S/C23H30N2O/c24-15-17(13-22(26)23-20-10-11-21(14-20)25-23)12-16-6-8-19(9-7-16)18-4-2-1-3-5-18/h6-9,17-18,20-21,23,25H,1-5,10-14H2/t17-,20+,21-,23+/m1/s1. The fourth-order valence-corrected chi connectivity index (χ4v) is 5.40. The minimum Gasteiger partial charge on any atom is -0.304 e. The van der Waals surface area contributed by atoms with Crippen molar-refractivity contribution in [2.45, 2.75) is 82.2 Å². The molecular weight excluding hydrogens is 320 g/mol. The summed E-state index contributed by atoms with van der Waals surface area (Å²) in [5.41, 5.74) is 2.63. The van der Waals surface area contributed by atoms with Crippen molar-refractivity contribution in [1.82, 2.24) is 5.32 Å². The second-order valence-corrected chi connectivity index (χ2v) is 8.69. The minimum atomic E-state index is -0.205. The largest absolute Gasteiger partial charge is 0.304 e. The molecule has 3 heteroatoms. The molecule has 0 radical (unpaired) electrons. The third kappa shape index (κ3) is 3.86. The summed E-state index contributed by atoms with van der Waals surface area (Å²) in [6.45, 7) is 0. The highest BCUT2D eigenvalue weighted by Gasteiger charge is 2.42. The number of nitriles is 1. The third-order valence-electron chi connectivity index (χ3n) is 6.88. The first kappa shape index (κ1) is 17.7. The van der Waals surface area contributed by atoms with E-state index in [-0.39, 0.29) is 17.7 Å². The van der Waals surface area contributed by atoms with E-state index in [2.05, 4.69) is 35.7 Å². The molecule has 1 N–H and O–H groups in total. The van der Waals surface area contributed by atoms with Gasteiger partial charge in [-0.15, -0.1) is 0 Å². The molecule has 1 aromatic carbocycles. The molecule has 0 aromatic heterocycles. The zero-order chi connectivity index (χ0) is 17.9. The van der Waals surface area contributed by atoms with E-state index >= 15 is 0 Å². The van der Waals surface area contributed by atoms with E-state index in [0.29, 0.717) is 24.8 Å². The van der Waals surface area contributed by atoms with Crippen LogP contribution in [0.3, 0.4) is 0 Å². The van der Waals surface area contributed by atoms with Crippen molar-refractivity contribution in [3.63, 3.8) is 0 Å². The van der Waals surface area contributed by atoms with E-state index in [1.807, 2.05) is 0 Å². The van der Waals surface area contributed by atoms with Crippen molar-refractivity contribution in [1.29, 1.82) is 5.26 Å². The number of fused-ring (bicyclic) bond motifs is 2. The fraction of sp³-hybridized carbons (Fsp3) is 0.652. The Morgan fingerprint density at radius 2 is 1.88 bits per heavy atom. The summed E-state index contributed by atoms with van der Waals surface area (Å²) in [6, 6.07) is 11.8. The first-order valence-corrected chi connectivity index (χ1v) is 10.5. The van der Waals surface area contributed by atoms with Crippen LogP contribution in [0.5, 0.6) is 0 Å². The molecule has 1 heterocycles. The molecule has 0 spiro atoms. The molecule has 1 aromatic rings. The van der Waals surface area contributed by atoms with Crippen LogP contribution in [0.2, 0.25) is 0 Å². The summed E-state index contributed by atoms with van der Waals surface area (Å²) in [5.74, 6) is 1.28. The Labute approximate surface area is 157 Å². The molecule has 3 fully saturated rings. The molecule has 4 rings (SSSR count). The van der Waals surface area contributed by atoms with E-state index in [9.17, 15) is 10.1 Å². The number of hydrogen-bond donors (Lipinski definition) is 1. The van der Waals surface area contributed by atoms with Crippen molar-refractivity contribution in [3.8, 4) is 6.07 Å². The van der Waals surface area contributed by atoms with Crippen LogP contribution in [0.15, 0.2) is 24.3 Å². The molecule has 0 unspecified atom stereocenters. The molecule has 138 valence electrons. The summed E-state index contributed by atoms with van der Waals surface area (Å²) in [4.78, 5) is 12.6. The predicted octanol–water partition coefficient (Wildman–Crippen LogP) is 4.52. The van der Waals surface area contributed by atoms with Gasteiger partial charge in [-0.2, -0.15) is 5.26 Å². The first-order valence-electron chi connectivity index (χ1n) is 10.5. The first-order chi connectivity index (χ1) is 12.7. The van der Waals surface area contributed by atoms with Crippen molar-refractivity contribution in [3.05, 3.63) is 35.4 Å². The van der Waals surface area contributed by atoms with Gasteiger partial charge in [0, 0.05) is 12.5 Å². The maximum Gasteiger partial charge on any atom is 0.151 e. The number of carbonyl (C=O) groups excluding carboxylic acids is 1. The van der Waals surface area contributed by atoms with E-state index in [4.69, 9.17) is 0 Å². The van der Waals surface area contributed by atoms with Gasteiger partial charge >= 0.3 is 0 Å². The fourth-order valence-electron chi connectivity index (χ4n) is 5.40. The number of nitrogens with one attached hydrogen (secondary N) is 1. The molecule has 26 heavy (non-hydrogen) atoms. The Morgan fingerprint density at radius 3 is 2.50 bits per heavy atom. The van der Waals surface area contributed by atoms with Crippen LogP contribution in [0, 0.1) is 23.2 Å². The Bertz CT molecular complexity index is 668. The maximum atomic E-state index is 12.6. The number of Topliss-reactive ketones (excluding diaryl/α,β-unsaturated/α-hetero) is 1. The Balaban J connectivity index is 1.33. The van der Waals surface area contributed by atoms with E-state index < -0.39 is 0 Å². The third-order valence-corrected chi connectivity index (χ3v) is 6.88. The molecule has 3 aliphatic rings. The Hall–Kier alpha value is -1.66. The topological polar surface area (TPSA) is 52.9 Å². The molecule has 4 atom stereocenters. The van der Waals surface area contributed by atoms with Gasteiger partial charge in [0.2, 0.25) is 0 Å². The van der Waals surface area contributed by atoms with E-state index in [1.165, 1.54) is 56.1 Å². The molecule has 2 aliphatic carbocycles. The van der Waals surface area contributed by atoms with Crippen LogP contribution in [0.1, 0.15) is 74.8 Å². The number of rotatable bonds is 6. The second-order valence-electron chi connectivity index (χ2n) is 8.69. The van der Waals surface area contributed by atoms with Crippen LogP contribution in [-0.2, 0) is 11.2 Å². The number of carbonyl (C=O) groups is 1. The lowest BCUT2D eigenvalue weighted by molar-refractivity contribution is -0.122. The summed E-state index contributed by atoms with van der Waals surface area (Å²) < 4.78 is 0. The van der Waals surface area contributed by atoms with Gasteiger partial charge in [0.15, 0.2) is 5.78 Å². The van der Waals surface area contributed by atoms with Gasteiger partial charge in [0.1, 0.15) is 0 Å². The van der Waals surface area contributed by atoms with Crippen molar-refractivity contribution >= 4 is 5.78 Å². The van der Waals surface area contributed by atoms with E-state index in [1.54, 1.807) is 0 Å². The highest BCUT2D eigenvalue weighted by atomic mass is 16.1. The smallest absolute Gasteiger partial charge is 0.151 e. The lowest BCUT2D eigenvalue weighted by Crippen LogP contribution is -2.42. The maximum absolute atomic E-state index is 12.6. The molecule has 1 aliphatic heterocycles. The SMILES string of the molecule is N#C[C@@H](CC(=O)[C@H]1N[C@@H]2CC[C@H]1C2)Cc1ccc(C2CCCCC2)cc1. The zero-order valence-electron chi connectivity index (χ0n) is 15.6. The highest BCUT2D eigenvalue weighted by molar-refractivity contribution is 5.85. The van der Waals surface area contributed by atoms with Gasteiger partial charge in [0.25, 0.3) is 0 Å². The molecule has 3 nitrogen and oxygen atoms in total. The van der Waals surface area contributed by atoms with Crippen molar-refractivity contribution < 1.29 is 4.79 Å². The molecule has 2 saturated carbocycles. The van der Waals surface area contributed by atoms with E-state index in [0.717, 1.165) is 12.3 Å². The Kier molecular flexibility index (Phi) is 5.41. The zero-order valence-corrected chi connectivity index (χ0v) is 15.6. The molecule has 1 saturated heterocycles. The lowest BCUT2D eigenvalue weighted by Gasteiger charge is -2.23. The van der Waals surface area contributed by atoms with Crippen LogP contribution < -0.4 is 5.32 Å². The van der Waals surface area contributed by atoms with Gasteiger partial charge in [-0.1, -0.05) is 43.5 Å². The molecule has 2 bridgehead atoms. The van der Waals surface area contributed by atoms with Gasteiger partial charge in [-0.3, -0.25) is 4.79 Å². The quantitative estimate of drug-likeness (QED) is 0.821. The van der Waals surface area contributed by atoms with Crippen LogP contribution in [-0.4, -0.2) is 17.9 Å². The molecule has 0 amide bonds. The number of piperidine rings is 1. The van der Waals surface area contributed by atoms with Gasteiger partial charge < -0.3 is 5.32 Å². The Morgan fingerprint density at radius 1 is 1.12 bits per heavy atom. The lowest BCUT2D eigenvalue weighted by atomic mass is 9.83. The van der Waals surface area contributed by atoms with Gasteiger partial charge in [0.05, 0.1) is 18.0 Å². The minimum absolute atomic E-state index is 0.0123. The average molecular weight is 351 g/mol. The van der Waals surface area contributed by atoms with Crippen molar-refractivity contribution in [2.24, 2.45) is 11.8 Å². The monoisotopic (exact) mass is 350 g/mol. The van der Waals surface area contributed by atoms with Gasteiger partial charge in [-0.05, 0) is 61.5 Å². The number of benzene rings is 1. The predicted molar refractivity (Wildman–Crippen MR) is 103 cm³/mol. The van der Waals surface area contributed by atoms with Crippen molar-refractivity contribution in [2.75, 3.05) is 0 Å². The van der Waals surface area contributed by atoms with Crippen LogP contribution in [0.25, 0.3) is 0 Å². The number of hydrogen-bond acceptors (Lipinski definition) is 3. The summed E-state index contributed by atoms with van der Waals surface area (Å²) in [7, 11) is 0. The van der Waals surface area contributed by atoms with Crippen LogP contribution >= 0.6 is 0 Å². The number of nitrogens with zero attached hydrogens (tertiary/aromatic N) is 1. The average Bonchev–Trinajstić information content (AvgIpc) is 3.32. The summed E-state index contributed by atoms with van der Waals surface area (Å²) in [6.07, 6.45) is 11.3. The summed E-state index contributed by atoms with van der Waals surface area (Å²) >= 11 is 0. The van der Waals surface area contributed by atoms with Gasteiger partial charge in [-0.25, -0.2) is 0 Å². The second kappa shape index (κ2) is 7.92. The number of ketones is 1.